The molecule has 0 atom stereocenters. The van der Waals surface area contributed by atoms with E-state index in [1.165, 1.54) is 31.5 Å². The van der Waals surface area contributed by atoms with Crippen LogP contribution in [0.2, 0.25) is 5.02 Å². The van der Waals surface area contributed by atoms with Gasteiger partial charge in [-0.3, -0.25) is 4.79 Å². The van der Waals surface area contributed by atoms with Crippen LogP contribution in [0.5, 0.6) is 11.5 Å². The molecule has 0 bridgehead atoms. The Morgan fingerprint density at radius 3 is 2.68 bits per heavy atom. The number of carbonyl (C=O) groups excluding carboxylic acids is 1. The molecule has 0 radical (unpaired) electrons. The van der Waals surface area contributed by atoms with E-state index in [1.807, 2.05) is 0 Å². The number of benzene rings is 1. The molecule has 6 nitrogen and oxygen atoms in total. The number of ether oxygens (including phenoxy) is 2. The van der Waals surface area contributed by atoms with Gasteiger partial charge in [-0.15, -0.1) is 0 Å². The number of methoxy groups -OCH3 is 1. The van der Waals surface area contributed by atoms with E-state index in [-0.39, 0.29) is 22.9 Å². The van der Waals surface area contributed by atoms with Crippen molar-refractivity contribution in [2.24, 2.45) is 0 Å². The van der Waals surface area contributed by atoms with Crippen molar-refractivity contribution in [3.8, 4) is 22.8 Å². The van der Waals surface area contributed by atoms with Crippen molar-refractivity contribution in [2.75, 3.05) is 13.7 Å². The molecule has 0 amide bonds. The Hall–Kier alpha value is -2.47. The summed E-state index contributed by atoms with van der Waals surface area (Å²) in [6, 6.07) is 4.00. The van der Waals surface area contributed by atoms with Crippen molar-refractivity contribution >= 4 is 17.6 Å². The zero-order chi connectivity index (χ0) is 16.3. The van der Waals surface area contributed by atoms with Crippen molar-refractivity contribution in [3.05, 3.63) is 45.2 Å². The quantitative estimate of drug-likeness (QED) is 0.844. The third-order valence-electron chi connectivity index (χ3n) is 2.97. The molecule has 0 saturated carbocycles. The van der Waals surface area contributed by atoms with Crippen molar-refractivity contribution in [2.45, 2.75) is 6.92 Å². The zero-order valence-electron chi connectivity index (χ0n) is 12.0. The summed E-state index contributed by atoms with van der Waals surface area (Å²) in [5.41, 5.74) is 0.0154. The largest absolute Gasteiger partial charge is 0.507 e. The molecule has 0 aliphatic rings. The number of hydrogen-bond donors (Lipinski definition) is 2. The summed E-state index contributed by atoms with van der Waals surface area (Å²) in [5.74, 6) is -0.499. The lowest BCUT2D eigenvalue weighted by Crippen LogP contribution is -2.17. The van der Waals surface area contributed by atoms with Crippen LogP contribution in [-0.4, -0.2) is 29.8 Å². The number of phenols is 1. The van der Waals surface area contributed by atoms with Crippen LogP contribution in [0.4, 0.5) is 0 Å². The Morgan fingerprint density at radius 2 is 2.09 bits per heavy atom. The van der Waals surface area contributed by atoms with E-state index < -0.39 is 11.4 Å². The summed E-state index contributed by atoms with van der Waals surface area (Å²) in [7, 11) is 1.43. The predicted molar refractivity (Wildman–Crippen MR) is 81.7 cm³/mol. The number of aromatic amines is 1. The Balaban J connectivity index is 2.47. The van der Waals surface area contributed by atoms with Gasteiger partial charge in [0.15, 0.2) is 5.43 Å². The number of hydrogen-bond acceptors (Lipinski definition) is 5. The maximum Gasteiger partial charge on any atom is 0.343 e. The second kappa shape index (κ2) is 6.53. The summed E-state index contributed by atoms with van der Waals surface area (Å²) in [6.07, 6.45) is 1.24. The van der Waals surface area contributed by atoms with Crippen LogP contribution in [-0.2, 0) is 4.74 Å². The number of aromatic nitrogens is 1. The fourth-order valence-electron chi connectivity index (χ4n) is 1.91. The van der Waals surface area contributed by atoms with Gasteiger partial charge in [0, 0.05) is 23.9 Å². The molecule has 2 rings (SSSR count). The second-order valence-electron chi connectivity index (χ2n) is 4.35. The molecular weight excluding hydrogens is 310 g/mol. The summed E-state index contributed by atoms with van der Waals surface area (Å²) in [5, 5.41) is 10.3. The van der Waals surface area contributed by atoms with Crippen LogP contribution in [0.15, 0.2) is 29.2 Å². The first kappa shape index (κ1) is 15.9. The van der Waals surface area contributed by atoms with E-state index in [0.29, 0.717) is 17.0 Å². The van der Waals surface area contributed by atoms with Crippen molar-refractivity contribution in [1.29, 1.82) is 0 Å². The van der Waals surface area contributed by atoms with Crippen LogP contribution in [0.25, 0.3) is 11.3 Å². The van der Waals surface area contributed by atoms with Crippen LogP contribution in [0.1, 0.15) is 17.3 Å². The van der Waals surface area contributed by atoms with Gasteiger partial charge in [-0.1, -0.05) is 11.6 Å². The number of pyridine rings is 1. The van der Waals surface area contributed by atoms with Gasteiger partial charge in [0.2, 0.25) is 0 Å². The Bertz CT molecular complexity index is 769. The fraction of sp³-hybridized carbons (Fsp3) is 0.200. The molecular formula is C15H14ClNO5. The molecule has 0 spiro atoms. The Labute approximate surface area is 131 Å². The number of phenolic OH excluding ortho intramolecular Hbond substituents is 1. The van der Waals surface area contributed by atoms with E-state index in [9.17, 15) is 14.7 Å². The lowest BCUT2D eigenvalue weighted by Gasteiger charge is -2.09. The number of halogens is 1. The SMILES string of the molecule is CCOC(=O)c1c[nH]c(-c2cc(Cl)c(OC)cc2O)cc1=O. The molecule has 1 heterocycles. The second-order valence-corrected chi connectivity index (χ2v) is 4.76. The smallest absolute Gasteiger partial charge is 0.343 e. The molecule has 0 unspecified atom stereocenters. The van der Waals surface area contributed by atoms with Gasteiger partial charge in [-0.2, -0.15) is 0 Å². The molecule has 0 aliphatic carbocycles. The van der Waals surface area contributed by atoms with Gasteiger partial charge in [-0.05, 0) is 13.0 Å². The lowest BCUT2D eigenvalue weighted by molar-refractivity contribution is 0.0524. The predicted octanol–water partition coefficient (Wildman–Crippen LogP) is 2.59. The van der Waals surface area contributed by atoms with Gasteiger partial charge in [-0.25, -0.2) is 4.79 Å². The molecule has 116 valence electrons. The highest BCUT2D eigenvalue weighted by Crippen LogP contribution is 2.36. The zero-order valence-corrected chi connectivity index (χ0v) is 12.7. The third kappa shape index (κ3) is 3.07. The highest BCUT2D eigenvalue weighted by Gasteiger charge is 2.15. The minimum absolute atomic E-state index is 0.107. The summed E-state index contributed by atoms with van der Waals surface area (Å²) in [6.45, 7) is 1.83. The monoisotopic (exact) mass is 323 g/mol. The molecule has 2 N–H and O–H groups in total. The number of esters is 1. The van der Waals surface area contributed by atoms with Crippen LogP contribution in [0.3, 0.4) is 0 Å². The van der Waals surface area contributed by atoms with E-state index in [0.717, 1.165) is 0 Å². The van der Waals surface area contributed by atoms with E-state index in [1.54, 1.807) is 6.92 Å². The molecule has 7 heteroatoms. The normalized spacial score (nSPS) is 10.3. The first-order valence-corrected chi connectivity index (χ1v) is 6.82. The molecule has 0 aliphatic heterocycles. The standard InChI is InChI=1S/C15H14ClNO5/c1-3-22-15(20)9-7-17-11(5-12(9)18)8-4-10(16)14(21-2)6-13(8)19/h4-7,19H,3H2,1-2H3,(H,17,18). The van der Waals surface area contributed by atoms with Crippen molar-refractivity contribution in [1.82, 2.24) is 4.98 Å². The number of H-pyrrole nitrogens is 1. The van der Waals surface area contributed by atoms with Crippen molar-refractivity contribution < 1.29 is 19.4 Å². The first-order valence-electron chi connectivity index (χ1n) is 6.44. The van der Waals surface area contributed by atoms with Gasteiger partial charge in [0.25, 0.3) is 0 Å². The molecule has 0 fully saturated rings. The molecule has 1 aromatic heterocycles. The maximum absolute atomic E-state index is 12.0. The third-order valence-corrected chi connectivity index (χ3v) is 3.26. The van der Waals surface area contributed by atoms with Gasteiger partial charge >= 0.3 is 5.97 Å². The molecule has 0 saturated heterocycles. The molecule has 22 heavy (non-hydrogen) atoms. The topological polar surface area (TPSA) is 88.6 Å². The Kier molecular flexibility index (Phi) is 4.72. The molecule has 2 aromatic rings. The van der Waals surface area contributed by atoms with Crippen LogP contribution in [0, 0.1) is 0 Å². The summed E-state index contributed by atoms with van der Waals surface area (Å²) < 4.78 is 9.77. The van der Waals surface area contributed by atoms with Crippen LogP contribution < -0.4 is 10.2 Å². The van der Waals surface area contributed by atoms with Gasteiger partial charge in [0.1, 0.15) is 17.1 Å². The van der Waals surface area contributed by atoms with Crippen LogP contribution >= 0.6 is 11.6 Å². The highest BCUT2D eigenvalue weighted by atomic mass is 35.5. The van der Waals surface area contributed by atoms with Gasteiger partial charge in [0.05, 0.1) is 24.4 Å². The fourth-order valence-corrected chi connectivity index (χ4v) is 2.15. The number of rotatable bonds is 4. The highest BCUT2D eigenvalue weighted by molar-refractivity contribution is 6.32. The maximum atomic E-state index is 12.0. The minimum Gasteiger partial charge on any atom is -0.507 e. The number of aromatic hydroxyl groups is 1. The summed E-state index contributed by atoms with van der Waals surface area (Å²) >= 11 is 6.01. The minimum atomic E-state index is -0.702. The van der Waals surface area contributed by atoms with Gasteiger partial charge < -0.3 is 19.6 Å². The molecule has 1 aromatic carbocycles. The van der Waals surface area contributed by atoms with E-state index >= 15 is 0 Å². The summed E-state index contributed by atoms with van der Waals surface area (Å²) in [4.78, 5) is 26.4. The van der Waals surface area contributed by atoms with Crippen molar-refractivity contribution in [3.63, 3.8) is 0 Å². The first-order chi connectivity index (χ1) is 10.5. The average Bonchev–Trinajstić information content (AvgIpc) is 2.49. The lowest BCUT2D eigenvalue weighted by atomic mass is 10.1. The van der Waals surface area contributed by atoms with E-state index in [4.69, 9.17) is 21.1 Å². The average molecular weight is 324 g/mol. The number of nitrogens with one attached hydrogen (secondary N) is 1. The van der Waals surface area contributed by atoms with E-state index in [2.05, 4.69) is 4.98 Å². The Morgan fingerprint density at radius 1 is 1.36 bits per heavy atom. The number of carbonyl (C=O) groups is 1.